The van der Waals surface area contributed by atoms with Gasteiger partial charge in [-0.3, -0.25) is 9.59 Å². The Morgan fingerprint density at radius 2 is 2.00 bits per heavy atom. The number of hydrogen-bond acceptors (Lipinski definition) is 5. The summed E-state index contributed by atoms with van der Waals surface area (Å²) in [5.41, 5.74) is 1.77. The molecule has 0 aromatic carbocycles. The van der Waals surface area contributed by atoms with Gasteiger partial charge >= 0.3 is 6.18 Å². The van der Waals surface area contributed by atoms with Crippen LogP contribution in [0.15, 0.2) is 22.9 Å². The Hall–Kier alpha value is -1.88. The van der Waals surface area contributed by atoms with E-state index in [0.717, 1.165) is 5.56 Å². The van der Waals surface area contributed by atoms with Crippen LogP contribution in [-0.2, 0) is 11.3 Å². The fourth-order valence-corrected chi connectivity index (χ4v) is 5.72. The summed E-state index contributed by atoms with van der Waals surface area (Å²) in [5, 5.41) is 6.85. The average molecular weight is 565 g/mol. The number of nitrogens with one attached hydrogen (secondary N) is 1. The molecule has 1 fully saturated rings. The monoisotopic (exact) mass is 564 g/mol. The topological polar surface area (TPSA) is 65.5 Å². The number of nitrogens with zero attached hydrogens (tertiary/aromatic N) is 3. The lowest BCUT2D eigenvalue weighted by atomic mass is 9.99. The summed E-state index contributed by atoms with van der Waals surface area (Å²) in [5.74, 6) is -1.20. The van der Waals surface area contributed by atoms with Crippen LogP contribution < -0.4 is 5.32 Å². The Kier molecular flexibility index (Phi) is 10.0. The first kappa shape index (κ1) is 28.7. The highest BCUT2D eigenvalue weighted by Crippen LogP contribution is 2.27. The molecule has 1 saturated heterocycles. The van der Waals surface area contributed by atoms with Crippen LogP contribution in [0.4, 0.5) is 13.2 Å². The van der Waals surface area contributed by atoms with E-state index in [0.29, 0.717) is 50.0 Å². The van der Waals surface area contributed by atoms with Crippen molar-refractivity contribution in [1.29, 1.82) is 0 Å². The van der Waals surface area contributed by atoms with Crippen molar-refractivity contribution in [2.75, 3.05) is 19.6 Å². The van der Waals surface area contributed by atoms with Gasteiger partial charge in [-0.25, -0.2) is 4.98 Å². The van der Waals surface area contributed by atoms with Gasteiger partial charge in [-0.15, -0.1) is 0 Å². The van der Waals surface area contributed by atoms with Crippen molar-refractivity contribution in [2.24, 2.45) is 0 Å². The number of hydrogen-bond donors (Lipinski definition) is 1. The van der Waals surface area contributed by atoms with Gasteiger partial charge in [-0.2, -0.15) is 24.5 Å². The summed E-state index contributed by atoms with van der Waals surface area (Å²) in [4.78, 5) is 32.6. The lowest BCUT2D eigenvalue weighted by Crippen LogP contribution is -2.50. The summed E-state index contributed by atoms with van der Waals surface area (Å²) in [6.07, 6.45) is -4.11. The maximum atomic E-state index is 12.9. The molecule has 1 N–H and O–H groups in total. The van der Waals surface area contributed by atoms with Gasteiger partial charge < -0.3 is 15.1 Å². The minimum absolute atomic E-state index is 0.0553. The number of thiophene rings is 1. The predicted octanol–water partition coefficient (Wildman–Crippen LogP) is 5.71. The molecule has 36 heavy (non-hydrogen) atoms. The number of halogens is 5. The molecule has 0 unspecified atom stereocenters. The van der Waals surface area contributed by atoms with E-state index in [9.17, 15) is 22.8 Å². The number of pyridine rings is 1. The van der Waals surface area contributed by atoms with Crippen molar-refractivity contribution < 1.29 is 22.8 Å². The van der Waals surface area contributed by atoms with Gasteiger partial charge in [0.2, 0.25) is 5.91 Å². The number of aryl methyl sites for hydroxylation is 1. The van der Waals surface area contributed by atoms with Crippen LogP contribution in [0.5, 0.6) is 0 Å². The minimum Gasteiger partial charge on any atom is -0.352 e. The third-order valence-electron chi connectivity index (χ3n) is 6.38. The quantitative estimate of drug-likeness (QED) is 0.396. The molecule has 6 nitrogen and oxygen atoms in total. The molecule has 3 heterocycles. The summed E-state index contributed by atoms with van der Waals surface area (Å²) < 4.78 is 38.8. The lowest BCUT2D eigenvalue weighted by Gasteiger charge is -2.41. The van der Waals surface area contributed by atoms with Crippen LogP contribution in [0, 0.1) is 6.92 Å². The number of alkyl halides is 3. The van der Waals surface area contributed by atoms with Gasteiger partial charge in [0.15, 0.2) is 0 Å². The summed E-state index contributed by atoms with van der Waals surface area (Å²) in [6, 6.07) is 3.31. The second kappa shape index (κ2) is 12.6. The van der Waals surface area contributed by atoms with Gasteiger partial charge in [0.05, 0.1) is 5.56 Å². The normalized spacial score (nSPS) is 16.1. The smallest absolute Gasteiger partial charge is 0.352 e. The molecule has 0 spiro atoms. The van der Waals surface area contributed by atoms with Crippen molar-refractivity contribution in [3.63, 3.8) is 0 Å². The fourth-order valence-electron chi connectivity index (χ4n) is 4.45. The summed E-state index contributed by atoms with van der Waals surface area (Å²) >= 11 is 13.4. The van der Waals surface area contributed by atoms with Gasteiger partial charge in [-0.1, -0.05) is 23.2 Å². The number of amides is 2. The third-order valence-corrected chi connectivity index (χ3v) is 7.58. The van der Waals surface area contributed by atoms with E-state index in [1.165, 1.54) is 16.2 Å². The Morgan fingerprint density at radius 1 is 1.31 bits per heavy atom. The molecule has 1 atom stereocenters. The van der Waals surface area contributed by atoms with Crippen molar-refractivity contribution in [3.8, 4) is 0 Å². The van der Waals surface area contributed by atoms with Crippen LogP contribution >= 0.6 is 34.5 Å². The molecule has 0 bridgehead atoms. The van der Waals surface area contributed by atoms with E-state index < -0.39 is 18.5 Å². The molecule has 2 aromatic rings. The minimum atomic E-state index is -4.53. The van der Waals surface area contributed by atoms with Crippen molar-refractivity contribution in [2.45, 2.75) is 64.3 Å². The van der Waals surface area contributed by atoms with Crippen molar-refractivity contribution in [1.82, 2.24) is 20.1 Å². The molecule has 3 rings (SSSR count). The van der Waals surface area contributed by atoms with Crippen LogP contribution in [0.2, 0.25) is 10.3 Å². The summed E-state index contributed by atoms with van der Waals surface area (Å²) in [7, 11) is 0. The Bertz CT molecular complexity index is 1020. The van der Waals surface area contributed by atoms with Gasteiger partial charge in [0.25, 0.3) is 5.91 Å². The predicted molar refractivity (Wildman–Crippen MR) is 136 cm³/mol. The Morgan fingerprint density at radius 3 is 2.58 bits per heavy atom. The van der Waals surface area contributed by atoms with Crippen LogP contribution in [0.25, 0.3) is 0 Å². The molecule has 0 radical (unpaired) electrons. The Balaban J connectivity index is 1.51. The molecule has 1 aliphatic rings. The van der Waals surface area contributed by atoms with E-state index >= 15 is 0 Å². The zero-order valence-electron chi connectivity index (χ0n) is 20.1. The number of carbonyl (C=O) groups excluding carboxylic acids is 2. The lowest BCUT2D eigenvalue weighted by molar-refractivity contribution is -0.164. The van der Waals surface area contributed by atoms with Crippen molar-refractivity contribution in [3.05, 3.63) is 49.9 Å². The van der Waals surface area contributed by atoms with Crippen molar-refractivity contribution >= 4 is 46.4 Å². The van der Waals surface area contributed by atoms with E-state index in [2.05, 4.69) is 15.2 Å². The molecule has 0 aliphatic carbocycles. The van der Waals surface area contributed by atoms with E-state index in [1.54, 1.807) is 13.0 Å². The molecular weight excluding hydrogens is 536 g/mol. The highest BCUT2D eigenvalue weighted by atomic mass is 35.5. The first-order valence-corrected chi connectivity index (χ1v) is 13.4. The molecule has 198 valence electrons. The van der Waals surface area contributed by atoms with E-state index in [1.807, 2.05) is 23.8 Å². The first-order valence-electron chi connectivity index (χ1n) is 11.7. The number of rotatable bonds is 9. The standard InChI is InChI=1S/C24H29Cl2F3N4O2S/c1-15-11-19(25)31-22(26)21(15)23(35)30-7-3-16(2)32-8-4-18(5-9-32)33(13-17-6-10-36-14-17)20(34)12-24(27,28)29/h6,10-11,14,16,18H,3-5,7-9,12-13H2,1-2H3,(H,30,35)/t16-/m1/s1. The highest BCUT2D eigenvalue weighted by molar-refractivity contribution is 7.07. The second-order valence-electron chi connectivity index (χ2n) is 9.03. The molecule has 12 heteroatoms. The van der Waals surface area contributed by atoms with Gasteiger partial charge in [0, 0.05) is 38.3 Å². The molecular formula is C24H29Cl2F3N4O2S. The maximum Gasteiger partial charge on any atom is 0.397 e. The van der Waals surface area contributed by atoms with Crippen LogP contribution in [0.3, 0.4) is 0 Å². The number of likely N-dealkylation sites (tertiary alicyclic amines) is 1. The van der Waals surface area contributed by atoms with Gasteiger partial charge in [-0.05, 0) is 67.1 Å². The highest BCUT2D eigenvalue weighted by Gasteiger charge is 2.37. The first-order chi connectivity index (χ1) is 16.9. The van der Waals surface area contributed by atoms with Crippen LogP contribution in [0.1, 0.15) is 54.1 Å². The Labute approximate surface area is 222 Å². The SMILES string of the molecule is Cc1cc(Cl)nc(Cl)c1C(=O)NCC[C@@H](C)N1CCC(N(Cc2ccsc2)C(=O)CC(F)(F)F)CC1. The van der Waals surface area contributed by atoms with Crippen LogP contribution in [-0.4, -0.2) is 64.5 Å². The molecule has 2 aromatic heterocycles. The number of carbonyl (C=O) groups is 2. The third kappa shape index (κ3) is 8.06. The van der Waals surface area contributed by atoms with E-state index in [-0.39, 0.29) is 34.8 Å². The largest absolute Gasteiger partial charge is 0.397 e. The molecule has 1 aliphatic heterocycles. The zero-order chi connectivity index (χ0) is 26.5. The fraction of sp³-hybridized carbons (Fsp3) is 0.542. The number of aromatic nitrogens is 1. The second-order valence-corrected chi connectivity index (χ2v) is 10.6. The average Bonchev–Trinajstić information content (AvgIpc) is 3.29. The summed E-state index contributed by atoms with van der Waals surface area (Å²) in [6.45, 7) is 5.71. The van der Waals surface area contributed by atoms with E-state index in [4.69, 9.17) is 23.2 Å². The maximum absolute atomic E-state index is 12.9. The molecule has 0 saturated carbocycles. The van der Waals surface area contributed by atoms with Gasteiger partial charge in [0.1, 0.15) is 16.7 Å². The molecule has 2 amide bonds. The zero-order valence-corrected chi connectivity index (χ0v) is 22.4. The number of piperidine rings is 1.